The van der Waals surface area contributed by atoms with Gasteiger partial charge in [-0.15, -0.1) is 0 Å². The molecule has 1 aromatic rings. The van der Waals surface area contributed by atoms with Gasteiger partial charge in [0.15, 0.2) is 11.6 Å². The van der Waals surface area contributed by atoms with Crippen molar-refractivity contribution in [3.8, 4) is 5.75 Å². The molecule has 0 aliphatic heterocycles. The van der Waals surface area contributed by atoms with Crippen molar-refractivity contribution >= 4 is 0 Å². The van der Waals surface area contributed by atoms with Crippen LogP contribution >= 0.6 is 0 Å². The van der Waals surface area contributed by atoms with Gasteiger partial charge >= 0.3 is 0 Å². The normalized spacial score (nSPS) is 24.9. The number of benzene rings is 1. The zero-order valence-corrected chi connectivity index (χ0v) is 25.1. The fourth-order valence-electron chi connectivity index (χ4n) is 7.42. The Balaban J connectivity index is 1.38. The van der Waals surface area contributed by atoms with E-state index in [0.29, 0.717) is 12.2 Å². The summed E-state index contributed by atoms with van der Waals surface area (Å²) in [7, 11) is 0. The summed E-state index contributed by atoms with van der Waals surface area (Å²) in [4.78, 5) is 0. The second-order valence-corrected chi connectivity index (χ2v) is 12.9. The zero-order chi connectivity index (χ0) is 27.2. The molecule has 3 heteroatoms. The predicted molar refractivity (Wildman–Crippen MR) is 158 cm³/mol. The lowest BCUT2D eigenvalue weighted by Gasteiger charge is -2.39. The third kappa shape index (κ3) is 9.81. The van der Waals surface area contributed by atoms with Crippen molar-refractivity contribution in [2.75, 3.05) is 6.61 Å². The summed E-state index contributed by atoms with van der Waals surface area (Å²) in [5, 5.41) is 0. The molecule has 0 saturated heterocycles. The lowest BCUT2D eigenvalue weighted by atomic mass is 9.66. The van der Waals surface area contributed by atoms with Crippen molar-refractivity contribution in [1.29, 1.82) is 0 Å². The second-order valence-electron chi connectivity index (χ2n) is 12.9. The molecule has 0 bridgehead atoms. The number of ether oxygens (including phenoxy) is 1. The summed E-state index contributed by atoms with van der Waals surface area (Å²) in [6.07, 6.45) is 25.3. The number of rotatable bonds is 17. The monoisotopic (exact) mass is 532 g/mol. The van der Waals surface area contributed by atoms with E-state index < -0.39 is 11.6 Å². The van der Waals surface area contributed by atoms with Gasteiger partial charge in [0, 0.05) is 0 Å². The molecule has 2 aliphatic rings. The molecular formula is C35H58F2O. The molecule has 38 heavy (non-hydrogen) atoms. The number of hydrogen-bond donors (Lipinski definition) is 0. The molecule has 0 radical (unpaired) electrons. The molecular weight excluding hydrogens is 474 g/mol. The van der Waals surface area contributed by atoms with E-state index in [1.54, 1.807) is 12.1 Å². The summed E-state index contributed by atoms with van der Waals surface area (Å²) < 4.78 is 35.5. The molecule has 3 rings (SSSR count). The van der Waals surface area contributed by atoms with Crippen LogP contribution < -0.4 is 4.74 Å². The quantitative estimate of drug-likeness (QED) is 0.181. The SMILES string of the molecule is CCCCCCCCOc1ccc([C@H]2CC[C@H](C(C)C3CCC(CCCCCCC)CC3)CC2)c(F)c1F. The molecule has 2 aliphatic carbocycles. The lowest BCUT2D eigenvalue weighted by molar-refractivity contribution is 0.131. The highest BCUT2D eigenvalue weighted by Gasteiger charge is 2.33. The molecule has 218 valence electrons. The van der Waals surface area contributed by atoms with Crippen LogP contribution in [0.5, 0.6) is 5.75 Å². The first kappa shape index (κ1) is 31.4. The van der Waals surface area contributed by atoms with Gasteiger partial charge in [-0.05, 0) is 86.2 Å². The van der Waals surface area contributed by atoms with E-state index >= 15 is 4.39 Å². The molecule has 0 heterocycles. The van der Waals surface area contributed by atoms with E-state index in [9.17, 15) is 4.39 Å². The minimum absolute atomic E-state index is 0.0821. The van der Waals surface area contributed by atoms with Gasteiger partial charge in [0.05, 0.1) is 6.61 Å². The van der Waals surface area contributed by atoms with Crippen molar-refractivity contribution < 1.29 is 13.5 Å². The number of unbranched alkanes of at least 4 members (excludes halogenated alkanes) is 9. The standard InChI is InChI=1S/C35H58F2O/c1-4-6-8-10-12-14-26-38-33-25-24-32(34(36)35(33)37)31-22-20-30(21-23-31)27(3)29-18-16-28(17-19-29)15-13-11-9-7-5-2/h24-25,27-31H,4-23,26H2,1-3H3/t27?,28?,29?,30-,31-. The van der Waals surface area contributed by atoms with E-state index in [4.69, 9.17) is 4.74 Å². The third-order valence-corrected chi connectivity index (χ3v) is 10.1. The van der Waals surface area contributed by atoms with Gasteiger partial charge in [-0.2, -0.15) is 4.39 Å². The fourth-order valence-corrected chi connectivity index (χ4v) is 7.42. The van der Waals surface area contributed by atoms with Crippen molar-refractivity contribution in [1.82, 2.24) is 0 Å². The predicted octanol–water partition coefficient (Wildman–Crippen LogP) is 11.8. The highest BCUT2D eigenvalue weighted by atomic mass is 19.2. The second kappa shape index (κ2) is 17.5. The fraction of sp³-hybridized carbons (Fsp3) is 0.829. The van der Waals surface area contributed by atoms with Gasteiger partial charge < -0.3 is 4.74 Å². The highest BCUT2D eigenvalue weighted by Crippen LogP contribution is 2.45. The minimum Gasteiger partial charge on any atom is -0.490 e. The topological polar surface area (TPSA) is 9.23 Å². The summed E-state index contributed by atoms with van der Waals surface area (Å²) in [5.41, 5.74) is 0.569. The largest absolute Gasteiger partial charge is 0.490 e. The average molecular weight is 533 g/mol. The van der Waals surface area contributed by atoms with Crippen LogP contribution in [0.2, 0.25) is 0 Å². The Hall–Kier alpha value is -1.12. The molecule has 2 fully saturated rings. The van der Waals surface area contributed by atoms with E-state index in [1.807, 2.05) is 0 Å². The Kier molecular flexibility index (Phi) is 14.5. The molecule has 1 unspecified atom stereocenters. The molecule has 2 saturated carbocycles. The van der Waals surface area contributed by atoms with Crippen molar-refractivity contribution in [2.45, 2.75) is 155 Å². The Labute approximate surface area is 233 Å². The minimum atomic E-state index is -0.786. The van der Waals surface area contributed by atoms with Gasteiger partial charge in [0.25, 0.3) is 0 Å². The molecule has 0 amide bonds. The van der Waals surface area contributed by atoms with Crippen LogP contribution in [0.4, 0.5) is 8.78 Å². The maximum Gasteiger partial charge on any atom is 0.200 e. The van der Waals surface area contributed by atoms with Crippen LogP contribution in [-0.2, 0) is 0 Å². The summed E-state index contributed by atoms with van der Waals surface area (Å²) >= 11 is 0. The van der Waals surface area contributed by atoms with Crippen LogP contribution in [0.1, 0.15) is 161 Å². The Morgan fingerprint density at radius 1 is 0.684 bits per heavy atom. The van der Waals surface area contributed by atoms with Gasteiger partial charge in [-0.25, -0.2) is 4.39 Å². The van der Waals surface area contributed by atoms with Crippen molar-refractivity contribution in [3.63, 3.8) is 0 Å². The number of halogens is 2. The first-order valence-electron chi connectivity index (χ1n) is 16.7. The lowest BCUT2D eigenvalue weighted by Crippen LogP contribution is -2.28. The smallest absolute Gasteiger partial charge is 0.200 e. The molecule has 1 atom stereocenters. The maximum atomic E-state index is 15.0. The Morgan fingerprint density at radius 2 is 1.24 bits per heavy atom. The zero-order valence-electron chi connectivity index (χ0n) is 25.1. The van der Waals surface area contributed by atoms with Crippen molar-refractivity contribution in [2.24, 2.45) is 23.7 Å². The van der Waals surface area contributed by atoms with Crippen LogP contribution in [0.25, 0.3) is 0 Å². The van der Waals surface area contributed by atoms with Gasteiger partial charge in [0.1, 0.15) is 0 Å². The maximum absolute atomic E-state index is 15.0. The van der Waals surface area contributed by atoms with Crippen LogP contribution in [0.15, 0.2) is 12.1 Å². The van der Waals surface area contributed by atoms with E-state index in [2.05, 4.69) is 20.8 Å². The van der Waals surface area contributed by atoms with Crippen LogP contribution in [0, 0.1) is 35.3 Å². The Bertz CT molecular complexity index is 761. The average Bonchev–Trinajstić information content (AvgIpc) is 2.95. The van der Waals surface area contributed by atoms with Gasteiger partial charge in [-0.3, -0.25) is 0 Å². The van der Waals surface area contributed by atoms with Crippen LogP contribution in [0.3, 0.4) is 0 Å². The molecule has 0 aromatic heterocycles. The molecule has 0 spiro atoms. The van der Waals surface area contributed by atoms with E-state index in [0.717, 1.165) is 62.2 Å². The van der Waals surface area contributed by atoms with Gasteiger partial charge in [-0.1, -0.05) is 110 Å². The van der Waals surface area contributed by atoms with Gasteiger partial charge in [0.2, 0.25) is 5.82 Å². The summed E-state index contributed by atoms with van der Waals surface area (Å²) in [6, 6.07) is 3.47. The molecule has 0 N–H and O–H groups in total. The van der Waals surface area contributed by atoms with E-state index in [1.165, 1.54) is 89.9 Å². The first-order valence-corrected chi connectivity index (χ1v) is 16.7. The highest BCUT2D eigenvalue weighted by molar-refractivity contribution is 5.33. The van der Waals surface area contributed by atoms with E-state index in [-0.39, 0.29) is 11.7 Å². The third-order valence-electron chi connectivity index (χ3n) is 10.1. The van der Waals surface area contributed by atoms with Crippen LogP contribution in [-0.4, -0.2) is 6.61 Å². The Morgan fingerprint density at radius 3 is 1.87 bits per heavy atom. The first-order chi connectivity index (χ1) is 18.5. The summed E-state index contributed by atoms with van der Waals surface area (Å²) in [6.45, 7) is 7.44. The van der Waals surface area contributed by atoms with Crippen molar-refractivity contribution in [3.05, 3.63) is 29.3 Å². The number of hydrogen-bond acceptors (Lipinski definition) is 1. The summed E-state index contributed by atoms with van der Waals surface area (Å²) in [5.74, 6) is 2.11. The molecule has 1 nitrogen and oxygen atoms in total. The molecule has 1 aromatic carbocycles.